The van der Waals surface area contributed by atoms with Crippen LogP contribution in [-0.2, 0) is 27.5 Å². The van der Waals surface area contributed by atoms with Gasteiger partial charge in [0.2, 0.25) is 5.13 Å². The van der Waals surface area contributed by atoms with Gasteiger partial charge >= 0.3 is 5.97 Å². The molecule has 0 spiro atoms. The summed E-state index contributed by atoms with van der Waals surface area (Å²) in [6.45, 7) is 6.08. The van der Waals surface area contributed by atoms with Gasteiger partial charge in [-0.1, -0.05) is 55.3 Å². The third-order valence-electron chi connectivity index (χ3n) is 6.94. The lowest BCUT2D eigenvalue weighted by Crippen LogP contribution is -2.20. The second-order valence-electron chi connectivity index (χ2n) is 11.8. The zero-order valence-corrected chi connectivity index (χ0v) is 24.8. The Balaban J connectivity index is 1.64. The largest absolute Gasteiger partial charge is 0.593 e. The molecule has 0 aliphatic heterocycles. The van der Waals surface area contributed by atoms with E-state index in [0.717, 1.165) is 41.6 Å². The normalized spacial score (nSPS) is 15.0. The number of thiazole rings is 1. The van der Waals surface area contributed by atoms with Crippen LogP contribution in [-0.4, -0.2) is 36.2 Å². The third kappa shape index (κ3) is 6.87. The average Bonchev–Trinajstić information content (AvgIpc) is 3.45. The maximum absolute atomic E-state index is 13.1. The summed E-state index contributed by atoms with van der Waals surface area (Å²) in [6.07, 6.45) is 3.77. The summed E-state index contributed by atoms with van der Waals surface area (Å²) in [5, 5.41) is 21.7. The fourth-order valence-electron chi connectivity index (χ4n) is 4.75. The molecule has 0 saturated heterocycles. The molecular weight excluding hydrogens is 560 g/mol. The SMILES string of the molecule is CC(C)(C)CC(=O)c1cccc(-c2nn(-c3nc(C(=O)O)cs3)c(CC3CC3)c2Cc2ccc([S+](N)(=O)[O-])cc2)c1. The number of carbonyl (C=O) groups excluding carboxylic acids is 1. The number of ketones is 1. The molecule has 3 N–H and O–H groups in total. The molecule has 11 heteroatoms. The number of benzene rings is 2. The second-order valence-corrected chi connectivity index (χ2v) is 14.2. The number of aromatic carboxylic acids is 1. The molecule has 1 aliphatic rings. The average molecular weight is 593 g/mol. The van der Waals surface area contributed by atoms with E-state index in [1.54, 1.807) is 16.8 Å². The number of sulfonamides is 1. The van der Waals surface area contributed by atoms with Crippen molar-refractivity contribution in [2.45, 2.75) is 57.8 Å². The van der Waals surface area contributed by atoms with Crippen LogP contribution in [0.1, 0.15) is 77.7 Å². The molecule has 4 aromatic rings. The number of carbonyl (C=O) groups is 2. The summed E-state index contributed by atoms with van der Waals surface area (Å²) < 4.78 is 25.3. The molecule has 2 heterocycles. The number of carboxylic acid groups (broad SMARTS) is 1. The highest BCUT2D eigenvalue weighted by atomic mass is 32.3. The molecular formula is C30H32N4O5S2. The smallest absolute Gasteiger partial charge is 0.355 e. The maximum Gasteiger partial charge on any atom is 0.355 e. The van der Waals surface area contributed by atoms with Crippen molar-refractivity contribution in [1.29, 1.82) is 0 Å². The molecule has 1 aliphatic carbocycles. The molecule has 41 heavy (non-hydrogen) atoms. The monoisotopic (exact) mass is 592 g/mol. The van der Waals surface area contributed by atoms with Crippen molar-refractivity contribution in [3.63, 3.8) is 0 Å². The molecule has 1 atom stereocenters. The number of hydrogen-bond acceptors (Lipinski definition) is 7. The van der Waals surface area contributed by atoms with Crippen LogP contribution in [0.4, 0.5) is 0 Å². The van der Waals surface area contributed by atoms with Gasteiger partial charge in [0.15, 0.2) is 26.8 Å². The van der Waals surface area contributed by atoms with E-state index in [4.69, 9.17) is 10.2 Å². The van der Waals surface area contributed by atoms with Crippen molar-refractivity contribution in [3.8, 4) is 16.4 Å². The van der Waals surface area contributed by atoms with E-state index in [2.05, 4.69) is 4.98 Å². The van der Waals surface area contributed by atoms with Crippen molar-refractivity contribution in [2.75, 3.05) is 0 Å². The Kier molecular flexibility index (Phi) is 7.82. The van der Waals surface area contributed by atoms with E-state index in [0.29, 0.717) is 35.1 Å². The van der Waals surface area contributed by atoms with E-state index in [9.17, 15) is 23.5 Å². The number of carboxylic acids is 1. The molecule has 9 nitrogen and oxygen atoms in total. The predicted molar refractivity (Wildman–Crippen MR) is 157 cm³/mol. The fraction of sp³-hybridized carbons (Fsp3) is 0.333. The lowest BCUT2D eigenvalue weighted by molar-refractivity contribution is 0.0691. The third-order valence-corrected chi connectivity index (χ3v) is 8.69. The van der Waals surface area contributed by atoms with E-state index >= 15 is 0 Å². The lowest BCUT2D eigenvalue weighted by atomic mass is 9.87. The van der Waals surface area contributed by atoms with Crippen molar-refractivity contribution in [3.05, 3.63) is 82.0 Å². The van der Waals surface area contributed by atoms with Crippen LogP contribution in [0.2, 0.25) is 0 Å². The zero-order chi connectivity index (χ0) is 29.5. The Labute approximate surface area is 243 Å². The summed E-state index contributed by atoms with van der Waals surface area (Å²) in [4.78, 5) is 29.0. The van der Waals surface area contributed by atoms with Crippen molar-refractivity contribution in [1.82, 2.24) is 14.8 Å². The predicted octanol–water partition coefficient (Wildman–Crippen LogP) is 5.72. The van der Waals surface area contributed by atoms with Crippen molar-refractivity contribution < 1.29 is 23.5 Å². The van der Waals surface area contributed by atoms with Gasteiger partial charge in [-0.2, -0.15) is 5.10 Å². The fourth-order valence-corrected chi connectivity index (χ4v) is 6.04. The summed E-state index contributed by atoms with van der Waals surface area (Å²) in [6, 6.07) is 13.9. The van der Waals surface area contributed by atoms with Gasteiger partial charge in [-0.25, -0.2) is 14.5 Å². The summed E-state index contributed by atoms with van der Waals surface area (Å²) >= 11 is 1.21. The number of nitrogens with two attached hydrogens (primary N) is 1. The molecule has 214 valence electrons. The molecule has 5 rings (SSSR count). The van der Waals surface area contributed by atoms with Crippen LogP contribution in [0, 0.1) is 11.3 Å². The van der Waals surface area contributed by atoms with Gasteiger partial charge in [0.25, 0.3) is 0 Å². The molecule has 1 fully saturated rings. The van der Waals surface area contributed by atoms with Crippen LogP contribution in [0.15, 0.2) is 58.8 Å². The minimum Gasteiger partial charge on any atom is -0.593 e. The minimum absolute atomic E-state index is 0.0319. The number of Topliss-reactive ketones (excluding diaryl/α,β-unsaturated/α-hetero) is 1. The first-order chi connectivity index (χ1) is 19.3. The number of rotatable bonds is 10. The summed E-state index contributed by atoms with van der Waals surface area (Å²) in [5.74, 6) is -0.576. The molecule has 2 aromatic heterocycles. The number of hydrogen-bond donors (Lipinski definition) is 2. The lowest BCUT2D eigenvalue weighted by Gasteiger charge is -2.17. The van der Waals surface area contributed by atoms with Crippen LogP contribution in [0.5, 0.6) is 0 Å². The van der Waals surface area contributed by atoms with Gasteiger partial charge < -0.3 is 9.66 Å². The molecule has 2 aromatic carbocycles. The Morgan fingerprint density at radius 1 is 1.17 bits per heavy atom. The number of aromatic nitrogens is 3. The highest BCUT2D eigenvalue weighted by Gasteiger charge is 2.30. The molecule has 0 bridgehead atoms. The van der Waals surface area contributed by atoms with Crippen LogP contribution >= 0.6 is 11.3 Å². The van der Waals surface area contributed by atoms with Crippen LogP contribution in [0.25, 0.3) is 16.4 Å². The quantitative estimate of drug-likeness (QED) is 0.177. The second kappa shape index (κ2) is 11.1. The van der Waals surface area contributed by atoms with Crippen LogP contribution < -0.4 is 5.14 Å². The molecule has 1 unspecified atom stereocenters. The van der Waals surface area contributed by atoms with E-state index in [1.165, 1.54) is 28.8 Å². The van der Waals surface area contributed by atoms with E-state index < -0.39 is 16.4 Å². The van der Waals surface area contributed by atoms with Gasteiger partial charge in [-0.05, 0) is 54.4 Å². The first-order valence-corrected chi connectivity index (χ1v) is 15.8. The molecule has 0 amide bonds. The van der Waals surface area contributed by atoms with Crippen LogP contribution in [0.3, 0.4) is 0 Å². The first-order valence-electron chi connectivity index (χ1n) is 13.3. The number of nitrogens with zero attached hydrogens (tertiary/aromatic N) is 3. The van der Waals surface area contributed by atoms with E-state index in [1.807, 2.05) is 45.0 Å². The van der Waals surface area contributed by atoms with Gasteiger partial charge in [-0.15, -0.1) is 16.5 Å². The van der Waals surface area contributed by atoms with Crippen molar-refractivity contribution >= 4 is 33.5 Å². The highest BCUT2D eigenvalue weighted by Crippen LogP contribution is 2.38. The first kappa shape index (κ1) is 29.0. The minimum atomic E-state index is -3.83. The Morgan fingerprint density at radius 3 is 2.46 bits per heavy atom. The number of primary sulfonamides is 1. The van der Waals surface area contributed by atoms with Crippen molar-refractivity contribution in [2.24, 2.45) is 16.5 Å². The Morgan fingerprint density at radius 2 is 1.88 bits per heavy atom. The zero-order valence-electron chi connectivity index (χ0n) is 23.1. The van der Waals surface area contributed by atoms with E-state index in [-0.39, 0.29) is 21.8 Å². The van der Waals surface area contributed by atoms with Gasteiger partial charge in [0.05, 0.1) is 11.4 Å². The Hall–Kier alpha value is -3.51. The molecule has 1 saturated carbocycles. The van der Waals surface area contributed by atoms with Gasteiger partial charge in [0, 0.05) is 34.9 Å². The Bertz CT molecular complexity index is 1660. The molecule has 0 radical (unpaired) electrons. The maximum atomic E-state index is 13.1. The van der Waals surface area contributed by atoms with Gasteiger partial charge in [-0.3, -0.25) is 4.79 Å². The highest BCUT2D eigenvalue weighted by molar-refractivity contribution is 7.95. The topological polar surface area (TPSA) is 151 Å². The summed E-state index contributed by atoms with van der Waals surface area (Å²) in [7, 11) is -3.83. The summed E-state index contributed by atoms with van der Waals surface area (Å²) in [5.41, 5.74) is 4.55. The van der Waals surface area contributed by atoms with Gasteiger partial charge in [0.1, 0.15) is 0 Å². The standard InChI is InChI=1S/C30H32N4O5S2/c1-30(2,3)16-26(35)20-5-4-6-21(15-20)27-23(13-18-9-11-22(12-10-18)41(31,38)39)25(14-19-7-8-19)34(33-27)29-32-24(17-40-29)28(36)37/h4-6,9-12,15,17,19H,7-8,13-14,16H2,1-3H3,(H3-,31,36,37,38,39).